The van der Waals surface area contributed by atoms with Crippen LogP contribution in [0.25, 0.3) is 0 Å². The molecule has 166 valence electrons. The highest BCUT2D eigenvalue weighted by atomic mass is 35.5. The number of aromatic carboxylic acids is 1. The van der Waals surface area contributed by atoms with Crippen molar-refractivity contribution in [1.29, 1.82) is 5.26 Å². The van der Waals surface area contributed by atoms with Crippen molar-refractivity contribution in [2.75, 3.05) is 38.1 Å². The summed E-state index contributed by atoms with van der Waals surface area (Å²) in [5.74, 6) is -0.936. The Hall–Kier alpha value is -2.59. The van der Waals surface area contributed by atoms with Crippen LogP contribution in [0.5, 0.6) is 0 Å². The maximum absolute atomic E-state index is 11.0. The number of hydrogen-bond acceptors (Lipinski definition) is 5. The van der Waals surface area contributed by atoms with Gasteiger partial charge in [-0.05, 0) is 74.2 Å². The van der Waals surface area contributed by atoms with Crippen molar-refractivity contribution in [2.45, 2.75) is 31.3 Å². The molecule has 1 aliphatic heterocycles. The van der Waals surface area contributed by atoms with Crippen LogP contribution in [0.1, 0.15) is 40.7 Å². The smallest absolute Gasteiger partial charge is 0.335 e. The molecule has 0 aromatic heterocycles. The second-order valence-corrected chi connectivity index (χ2v) is 8.19. The van der Waals surface area contributed by atoms with Gasteiger partial charge in [-0.25, -0.2) is 4.79 Å². The van der Waals surface area contributed by atoms with Crippen LogP contribution in [0.4, 0.5) is 5.69 Å². The fraction of sp³-hybridized carbons (Fsp3) is 0.417. The fourth-order valence-electron chi connectivity index (χ4n) is 3.99. The van der Waals surface area contributed by atoms with Gasteiger partial charge in [0, 0.05) is 32.4 Å². The van der Waals surface area contributed by atoms with Gasteiger partial charge < -0.3 is 20.0 Å². The number of carbonyl (C=O) groups is 1. The molecule has 31 heavy (non-hydrogen) atoms. The van der Waals surface area contributed by atoms with Crippen molar-refractivity contribution in [3.05, 3.63) is 65.2 Å². The van der Waals surface area contributed by atoms with Crippen molar-refractivity contribution in [1.82, 2.24) is 4.90 Å². The number of carboxylic acids is 1. The van der Waals surface area contributed by atoms with Gasteiger partial charge in [-0.15, -0.1) is 12.4 Å². The summed E-state index contributed by atoms with van der Waals surface area (Å²) >= 11 is 0. The number of nitrogens with zero attached hydrogens (tertiary/aromatic N) is 3. The molecule has 1 saturated heterocycles. The van der Waals surface area contributed by atoms with Crippen molar-refractivity contribution in [3.8, 4) is 6.07 Å². The number of carboxylic acid groups (broad SMARTS) is 1. The Morgan fingerprint density at radius 2 is 1.74 bits per heavy atom. The molecular formula is C24H30ClN3O3. The lowest BCUT2D eigenvalue weighted by Gasteiger charge is -2.40. The standard InChI is InChI=1S/C24H29N3O3.ClH/c1-26(22-10-8-21(9-11-22)23(28)29)18-24(30)12-15-27(16-13-24)14-2-3-19-4-6-20(17-25)7-5-19;/h4-11,30H,2-3,12-16,18H2,1H3,(H,28,29);1H. The summed E-state index contributed by atoms with van der Waals surface area (Å²) in [5, 5.41) is 28.9. The summed E-state index contributed by atoms with van der Waals surface area (Å²) in [6.45, 7) is 3.27. The maximum atomic E-state index is 11.0. The van der Waals surface area contributed by atoms with Gasteiger partial charge in [0.1, 0.15) is 0 Å². The van der Waals surface area contributed by atoms with Crippen LogP contribution in [0, 0.1) is 11.3 Å². The highest BCUT2D eigenvalue weighted by Crippen LogP contribution is 2.26. The number of piperidine rings is 1. The first-order chi connectivity index (χ1) is 14.4. The lowest BCUT2D eigenvalue weighted by Crippen LogP contribution is -2.50. The lowest BCUT2D eigenvalue weighted by atomic mass is 9.90. The molecule has 0 radical (unpaired) electrons. The molecule has 0 aliphatic carbocycles. The van der Waals surface area contributed by atoms with Gasteiger partial charge in [0.25, 0.3) is 0 Å². The normalized spacial score (nSPS) is 15.5. The number of aryl methyl sites for hydroxylation is 1. The number of rotatable bonds is 8. The minimum absolute atomic E-state index is 0. The van der Waals surface area contributed by atoms with Crippen molar-refractivity contribution < 1.29 is 15.0 Å². The van der Waals surface area contributed by atoms with E-state index in [0.717, 1.165) is 51.0 Å². The molecule has 1 fully saturated rings. The molecule has 1 aliphatic rings. The van der Waals surface area contributed by atoms with Gasteiger partial charge >= 0.3 is 5.97 Å². The van der Waals surface area contributed by atoms with Crippen LogP contribution in [0.15, 0.2) is 48.5 Å². The van der Waals surface area contributed by atoms with Crippen molar-refractivity contribution in [2.24, 2.45) is 0 Å². The number of halogens is 1. The van der Waals surface area contributed by atoms with E-state index in [-0.39, 0.29) is 18.0 Å². The molecule has 0 unspecified atom stereocenters. The Bertz CT molecular complexity index is 886. The summed E-state index contributed by atoms with van der Waals surface area (Å²) in [6.07, 6.45) is 3.49. The summed E-state index contributed by atoms with van der Waals surface area (Å²) < 4.78 is 0. The molecular weight excluding hydrogens is 414 g/mol. The van der Waals surface area contributed by atoms with E-state index in [9.17, 15) is 9.90 Å². The van der Waals surface area contributed by atoms with E-state index in [0.29, 0.717) is 12.1 Å². The molecule has 0 amide bonds. The molecule has 0 bridgehead atoms. The van der Waals surface area contributed by atoms with Crippen LogP contribution in [-0.2, 0) is 6.42 Å². The highest BCUT2D eigenvalue weighted by Gasteiger charge is 2.33. The number of nitriles is 1. The molecule has 0 spiro atoms. The molecule has 2 aromatic rings. The minimum atomic E-state index is -0.936. The summed E-state index contributed by atoms with van der Waals surface area (Å²) in [6, 6.07) is 16.7. The monoisotopic (exact) mass is 443 g/mol. The van der Waals surface area contributed by atoms with E-state index in [1.54, 1.807) is 24.3 Å². The molecule has 1 heterocycles. The van der Waals surface area contributed by atoms with Gasteiger partial charge in [0.2, 0.25) is 0 Å². The van der Waals surface area contributed by atoms with Gasteiger partial charge in [0.05, 0.1) is 22.8 Å². The molecule has 0 saturated carbocycles. The average molecular weight is 444 g/mol. The number of anilines is 1. The number of hydrogen-bond donors (Lipinski definition) is 2. The third kappa shape index (κ3) is 6.96. The number of aliphatic hydroxyl groups is 1. The third-order valence-electron chi connectivity index (χ3n) is 5.90. The average Bonchev–Trinajstić information content (AvgIpc) is 2.75. The zero-order valence-corrected chi connectivity index (χ0v) is 18.6. The molecule has 0 atom stereocenters. The molecule has 3 rings (SSSR count). The summed E-state index contributed by atoms with van der Waals surface area (Å²) in [5.41, 5.74) is 2.37. The van der Waals surface area contributed by atoms with E-state index in [2.05, 4.69) is 11.0 Å². The van der Waals surface area contributed by atoms with E-state index in [4.69, 9.17) is 10.4 Å². The van der Waals surface area contributed by atoms with E-state index in [1.165, 1.54) is 5.56 Å². The largest absolute Gasteiger partial charge is 0.478 e. The van der Waals surface area contributed by atoms with Crippen LogP contribution in [0.2, 0.25) is 0 Å². The first kappa shape index (κ1) is 24.7. The molecule has 2 aromatic carbocycles. The predicted molar refractivity (Wildman–Crippen MR) is 124 cm³/mol. The van der Waals surface area contributed by atoms with E-state index < -0.39 is 11.6 Å². The van der Waals surface area contributed by atoms with Crippen molar-refractivity contribution >= 4 is 24.1 Å². The highest BCUT2D eigenvalue weighted by molar-refractivity contribution is 5.88. The first-order valence-electron chi connectivity index (χ1n) is 10.4. The van der Waals surface area contributed by atoms with Gasteiger partial charge in [-0.3, -0.25) is 0 Å². The second-order valence-electron chi connectivity index (χ2n) is 8.19. The van der Waals surface area contributed by atoms with E-state index >= 15 is 0 Å². The third-order valence-corrected chi connectivity index (χ3v) is 5.90. The Morgan fingerprint density at radius 3 is 2.29 bits per heavy atom. The molecule has 7 heteroatoms. The summed E-state index contributed by atoms with van der Waals surface area (Å²) in [7, 11) is 1.93. The quantitative estimate of drug-likeness (QED) is 0.648. The van der Waals surface area contributed by atoms with Crippen LogP contribution in [0.3, 0.4) is 0 Å². The number of benzene rings is 2. The van der Waals surface area contributed by atoms with Crippen LogP contribution >= 0.6 is 12.4 Å². The summed E-state index contributed by atoms with van der Waals surface area (Å²) in [4.78, 5) is 15.4. The second kappa shape index (κ2) is 11.1. The predicted octanol–water partition coefficient (Wildman–Crippen LogP) is 3.57. The number of likely N-dealkylation sites (N-methyl/N-ethyl adjacent to an activating group) is 1. The van der Waals surface area contributed by atoms with Crippen LogP contribution < -0.4 is 4.90 Å². The Kier molecular flexibility index (Phi) is 8.88. The minimum Gasteiger partial charge on any atom is -0.478 e. The number of likely N-dealkylation sites (tertiary alicyclic amines) is 1. The van der Waals surface area contributed by atoms with Crippen molar-refractivity contribution in [3.63, 3.8) is 0 Å². The van der Waals surface area contributed by atoms with Gasteiger partial charge in [0.15, 0.2) is 0 Å². The zero-order valence-electron chi connectivity index (χ0n) is 17.8. The molecule has 2 N–H and O–H groups in total. The fourth-order valence-corrected chi connectivity index (χ4v) is 3.99. The van der Waals surface area contributed by atoms with Crippen LogP contribution in [-0.4, -0.2) is 59.9 Å². The zero-order chi connectivity index (χ0) is 21.6. The SMILES string of the molecule is CN(CC1(O)CCN(CCCc2ccc(C#N)cc2)CC1)c1ccc(C(=O)O)cc1.Cl. The molecule has 6 nitrogen and oxygen atoms in total. The Balaban J connectivity index is 0.00000341. The lowest BCUT2D eigenvalue weighted by molar-refractivity contribution is -0.0141. The van der Waals surface area contributed by atoms with Gasteiger partial charge in [-0.1, -0.05) is 12.1 Å². The topological polar surface area (TPSA) is 87.8 Å². The Morgan fingerprint density at radius 1 is 1.13 bits per heavy atom. The first-order valence-corrected chi connectivity index (χ1v) is 10.4. The van der Waals surface area contributed by atoms with Gasteiger partial charge in [-0.2, -0.15) is 5.26 Å². The van der Waals surface area contributed by atoms with E-state index in [1.807, 2.05) is 36.2 Å². The Labute approximate surface area is 190 Å². The maximum Gasteiger partial charge on any atom is 0.335 e.